The molecule has 1 heterocycles. The number of methoxy groups -OCH3 is 1. The van der Waals surface area contributed by atoms with Crippen LogP contribution in [0, 0.1) is 6.92 Å². The molecule has 1 aromatic heterocycles. The van der Waals surface area contributed by atoms with Crippen molar-refractivity contribution in [2.45, 2.75) is 11.8 Å². The van der Waals surface area contributed by atoms with E-state index in [-0.39, 0.29) is 29.4 Å². The summed E-state index contributed by atoms with van der Waals surface area (Å²) in [5, 5.41) is 6.81. The van der Waals surface area contributed by atoms with Gasteiger partial charge in [0.05, 0.1) is 24.7 Å². The Bertz CT molecular complexity index is 1170. The number of nitrogens with one attached hydrogen (secondary N) is 1. The third-order valence-electron chi connectivity index (χ3n) is 4.85. The third kappa shape index (κ3) is 5.02. The summed E-state index contributed by atoms with van der Waals surface area (Å²) < 4.78 is 39.2. The van der Waals surface area contributed by atoms with Gasteiger partial charge in [0, 0.05) is 14.1 Å². The summed E-state index contributed by atoms with van der Waals surface area (Å²) in [5.41, 5.74) is 1.10. The standard InChI is InChI=1S/C22H26N4O5S/c1-16-5-11-19(12-6-16)32(28,29)26(3)22-20(15-24-25(22)2)21(27)23-13-14-31-18-9-7-17(30-4)8-10-18/h5-12,15H,13-14H2,1-4H3,(H,23,27). The Hall–Kier alpha value is -3.53. The number of carbonyl (C=O) groups excluding carboxylic acids is 1. The van der Waals surface area contributed by atoms with E-state index in [1.807, 2.05) is 6.92 Å². The Morgan fingerprint density at radius 3 is 2.34 bits per heavy atom. The van der Waals surface area contributed by atoms with Crippen molar-refractivity contribution in [1.82, 2.24) is 15.1 Å². The number of amides is 1. The van der Waals surface area contributed by atoms with E-state index in [0.29, 0.717) is 5.75 Å². The number of aromatic nitrogens is 2. The molecule has 170 valence electrons. The summed E-state index contributed by atoms with van der Waals surface area (Å²) in [6, 6.07) is 13.6. The number of aryl methyl sites for hydroxylation is 2. The average Bonchev–Trinajstić information content (AvgIpc) is 3.18. The van der Waals surface area contributed by atoms with E-state index >= 15 is 0 Å². The Morgan fingerprint density at radius 1 is 1.09 bits per heavy atom. The van der Waals surface area contributed by atoms with Gasteiger partial charge in [-0.3, -0.25) is 13.8 Å². The minimum absolute atomic E-state index is 0.131. The molecular formula is C22H26N4O5S. The molecule has 0 saturated heterocycles. The predicted molar refractivity (Wildman–Crippen MR) is 121 cm³/mol. The van der Waals surface area contributed by atoms with Crippen molar-refractivity contribution in [3.63, 3.8) is 0 Å². The molecular weight excluding hydrogens is 432 g/mol. The molecule has 32 heavy (non-hydrogen) atoms. The molecule has 9 nitrogen and oxygen atoms in total. The first-order chi connectivity index (χ1) is 15.2. The zero-order valence-electron chi connectivity index (χ0n) is 18.4. The van der Waals surface area contributed by atoms with Crippen LogP contribution in [0.25, 0.3) is 0 Å². The van der Waals surface area contributed by atoms with Gasteiger partial charge < -0.3 is 14.8 Å². The Balaban J connectivity index is 1.67. The Labute approximate surface area is 187 Å². The molecule has 0 saturated carbocycles. The molecule has 0 aliphatic carbocycles. The maximum atomic E-state index is 13.1. The maximum Gasteiger partial charge on any atom is 0.265 e. The van der Waals surface area contributed by atoms with E-state index in [0.717, 1.165) is 15.6 Å². The second-order valence-electron chi connectivity index (χ2n) is 7.07. The van der Waals surface area contributed by atoms with Gasteiger partial charge in [-0.15, -0.1) is 0 Å². The zero-order chi connectivity index (χ0) is 23.3. The number of benzene rings is 2. The van der Waals surface area contributed by atoms with E-state index in [2.05, 4.69) is 10.4 Å². The van der Waals surface area contributed by atoms with Crippen molar-refractivity contribution in [1.29, 1.82) is 0 Å². The molecule has 0 fully saturated rings. The SMILES string of the molecule is COc1ccc(OCCNC(=O)c2cnn(C)c2N(C)S(=O)(=O)c2ccc(C)cc2)cc1. The number of anilines is 1. The molecule has 0 unspecified atom stereocenters. The smallest absolute Gasteiger partial charge is 0.265 e. The van der Waals surface area contributed by atoms with Crippen LogP contribution >= 0.6 is 0 Å². The van der Waals surface area contributed by atoms with Crippen LogP contribution in [0.5, 0.6) is 11.5 Å². The van der Waals surface area contributed by atoms with Crippen LogP contribution in [-0.4, -0.2) is 51.4 Å². The predicted octanol–water partition coefficient (Wildman–Crippen LogP) is 2.37. The number of rotatable bonds is 9. The summed E-state index contributed by atoms with van der Waals surface area (Å²) in [6.07, 6.45) is 1.34. The van der Waals surface area contributed by atoms with E-state index in [1.165, 1.54) is 30.1 Å². The van der Waals surface area contributed by atoms with Gasteiger partial charge >= 0.3 is 0 Å². The van der Waals surface area contributed by atoms with Crippen LogP contribution in [0.4, 0.5) is 5.82 Å². The normalized spacial score (nSPS) is 11.1. The van der Waals surface area contributed by atoms with Gasteiger partial charge in [-0.05, 0) is 43.3 Å². The highest BCUT2D eigenvalue weighted by atomic mass is 32.2. The van der Waals surface area contributed by atoms with Crippen molar-refractivity contribution in [2.75, 3.05) is 31.6 Å². The number of carbonyl (C=O) groups is 1. The molecule has 0 radical (unpaired) electrons. The van der Waals surface area contributed by atoms with Crippen LogP contribution in [-0.2, 0) is 17.1 Å². The summed E-state index contributed by atoms with van der Waals surface area (Å²) in [6.45, 7) is 2.35. The van der Waals surface area contributed by atoms with Crippen molar-refractivity contribution in [3.8, 4) is 11.5 Å². The molecule has 0 bridgehead atoms. The summed E-state index contributed by atoms with van der Waals surface area (Å²) in [7, 11) is 0.700. The maximum absolute atomic E-state index is 13.1. The first-order valence-corrected chi connectivity index (χ1v) is 11.3. The van der Waals surface area contributed by atoms with Gasteiger partial charge in [0.25, 0.3) is 15.9 Å². The highest BCUT2D eigenvalue weighted by Gasteiger charge is 2.28. The highest BCUT2D eigenvalue weighted by Crippen LogP contribution is 2.25. The lowest BCUT2D eigenvalue weighted by Crippen LogP contribution is -2.33. The largest absolute Gasteiger partial charge is 0.497 e. The Morgan fingerprint density at radius 2 is 1.72 bits per heavy atom. The van der Waals surface area contributed by atoms with Crippen molar-refractivity contribution in [2.24, 2.45) is 7.05 Å². The molecule has 3 aromatic rings. The van der Waals surface area contributed by atoms with Gasteiger partial charge in [-0.2, -0.15) is 5.10 Å². The first kappa shape index (κ1) is 23.1. The summed E-state index contributed by atoms with van der Waals surface area (Å²) >= 11 is 0. The molecule has 0 aliphatic heterocycles. The molecule has 3 rings (SSSR count). The molecule has 0 spiro atoms. The molecule has 1 amide bonds. The second-order valence-corrected chi connectivity index (χ2v) is 9.04. The minimum atomic E-state index is -3.87. The van der Waals surface area contributed by atoms with Crippen LogP contribution in [0.1, 0.15) is 15.9 Å². The first-order valence-electron chi connectivity index (χ1n) is 9.86. The fourth-order valence-corrected chi connectivity index (χ4v) is 4.29. The van der Waals surface area contributed by atoms with Gasteiger partial charge in [0.2, 0.25) is 0 Å². The highest BCUT2D eigenvalue weighted by molar-refractivity contribution is 7.92. The van der Waals surface area contributed by atoms with Crippen LogP contribution in [0.3, 0.4) is 0 Å². The lowest BCUT2D eigenvalue weighted by Gasteiger charge is -2.21. The van der Waals surface area contributed by atoms with E-state index in [9.17, 15) is 13.2 Å². The van der Waals surface area contributed by atoms with Crippen LogP contribution in [0.2, 0.25) is 0 Å². The monoisotopic (exact) mass is 458 g/mol. The number of hydrogen-bond acceptors (Lipinski definition) is 6. The fourth-order valence-electron chi connectivity index (χ4n) is 3.05. The van der Waals surface area contributed by atoms with Gasteiger partial charge in [0.15, 0.2) is 5.82 Å². The molecule has 0 aliphatic rings. The van der Waals surface area contributed by atoms with Crippen molar-refractivity contribution >= 4 is 21.7 Å². The van der Waals surface area contributed by atoms with Gasteiger partial charge in [0.1, 0.15) is 23.7 Å². The number of nitrogens with zero attached hydrogens (tertiary/aromatic N) is 3. The fraction of sp³-hybridized carbons (Fsp3) is 0.273. The molecule has 2 aromatic carbocycles. The topological polar surface area (TPSA) is 103 Å². The number of hydrogen-bond donors (Lipinski definition) is 1. The average molecular weight is 459 g/mol. The Kier molecular flexibility index (Phi) is 7.04. The van der Waals surface area contributed by atoms with Crippen molar-refractivity contribution < 1.29 is 22.7 Å². The van der Waals surface area contributed by atoms with Gasteiger partial charge in [-0.25, -0.2) is 8.42 Å². The number of sulfonamides is 1. The molecule has 10 heteroatoms. The molecule has 1 N–H and O–H groups in total. The molecule has 0 atom stereocenters. The quantitative estimate of drug-likeness (QED) is 0.494. The van der Waals surface area contributed by atoms with Gasteiger partial charge in [-0.1, -0.05) is 17.7 Å². The zero-order valence-corrected chi connectivity index (χ0v) is 19.2. The van der Waals surface area contributed by atoms with E-state index < -0.39 is 15.9 Å². The lowest BCUT2D eigenvalue weighted by molar-refractivity contribution is 0.0947. The van der Waals surface area contributed by atoms with Crippen molar-refractivity contribution in [3.05, 3.63) is 65.9 Å². The van der Waals surface area contributed by atoms with Crippen LogP contribution < -0.4 is 19.1 Å². The number of ether oxygens (including phenoxy) is 2. The van der Waals surface area contributed by atoms with E-state index in [1.54, 1.807) is 50.6 Å². The summed E-state index contributed by atoms with van der Waals surface area (Å²) in [5.74, 6) is 1.09. The van der Waals surface area contributed by atoms with E-state index in [4.69, 9.17) is 9.47 Å². The third-order valence-corrected chi connectivity index (χ3v) is 6.61. The lowest BCUT2D eigenvalue weighted by atomic mass is 10.2. The minimum Gasteiger partial charge on any atom is -0.497 e. The summed E-state index contributed by atoms with van der Waals surface area (Å²) in [4.78, 5) is 12.9. The second kappa shape index (κ2) is 9.73. The van der Waals surface area contributed by atoms with Crippen LogP contribution in [0.15, 0.2) is 59.6 Å².